The predicted octanol–water partition coefficient (Wildman–Crippen LogP) is 8.50. The van der Waals surface area contributed by atoms with Crippen LogP contribution in [0.25, 0.3) is 0 Å². The molecule has 0 bridgehead atoms. The molecule has 0 radical (unpaired) electrons. The molecule has 0 spiro atoms. The number of methoxy groups -OCH3 is 1. The number of allylic oxidation sites excluding steroid dienone is 10. The Bertz CT molecular complexity index is 785. The minimum Gasteiger partial charge on any atom is -0.491 e. The second kappa shape index (κ2) is 18.7. The molecule has 0 saturated heterocycles. The minimum absolute atomic E-state index is 0.0161. The Balaban J connectivity index is 0. The molecule has 1 rings (SSSR count). The third-order valence-electron chi connectivity index (χ3n) is 5.40. The van der Waals surface area contributed by atoms with E-state index in [0.717, 1.165) is 59.2 Å². The molecule has 3 heteroatoms. The molecule has 0 aromatic carbocycles. The van der Waals surface area contributed by atoms with Gasteiger partial charge in [-0.1, -0.05) is 78.3 Å². The molecule has 1 unspecified atom stereocenters. The van der Waals surface area contributed by atoms with E-state index < -0.39 is 0 Å². The first-order chi connectivity index (χ1) is 16.0. The summed E-state index contributed by atoms with van der Waals surface area (Å²) in [5, 5.41) is 0. The Hall–Kier alpha value is -2.65. The van der Waals surface area contributed by atoms with Gasteiger partial charge in [0.25, 0.3) is 0 Å². The lowest BCUT2D eigenvalue weighted by Gasteiger charge is -2.25. The van der Waals surface area contributed by atoms with Crippen LogP contribution in [0.4, 0.5) is 0 Å². The standard InChI is InChI=1S/C26H38O2.C3H6.C2H4O/c1-10-20(4)25(28-15-14-27-9)16-21(5)23(7)24(11-2)17-22(6)26(8)13-12-19(3)18-26;1-3-2;1-2-3/h12-13,16-17,19H,4-7,10-11,14-15,18H2,1-3,8-9H3;3H,1H2,2H3;2H,1H3/b24-17-,25-16+;;/t19?,26-;;/m0../s1. The molecule has 0 saturated carbocycles. The van der Waals surface area contributed by atoms with Crippen LogP contribution in [0.5, 0.6) is 0 Å². The maximum Gasteiger partial charge on any atom is 0.122 e. The van der Waals surface area contributed by atoms with Crippen LogP contribution in [0.1, 0.15) is 60.8 Å². The number of carbonyl (C=O) groups excluding carboxylic acids is 1. The zero-order valence-electron chi connectivity index (χ0n) is 22.8. The van der Waals surface area contributed by atoms with Gasteiger partial charge in [-0.3, -0.25) is 0 Å². The molecular formula is C31H48O3. The van der Waals surface area contributed by atoms with Crippen molar-refractivity contribution in [1.29, 1.82) is 0 Å². The van der Waals surface area contributed by atoms with Crippen LogP contribution in [-0.2, 0) is 14.3 Å². The van der Waals surface area contributed by atoms with Crippen molar-refractivity contribution in [2.24, 2.45) is 11.3 Å². The lowest BCUT2D eigenvalue weighted by Crippen LogP contribution is -2.13. The Morgan fingerprint density at radius 2 is 1.65 bits per heavy atom. The van der Waals surface area contributed by atoms with Crippen LogP contribution >= 0.6 is 0 Å². The summed E-state index contributed by atoms with van der Waals surface area (Å²) in [4.78, 5) is 8.81. The highest BCUT2D eigenvalue weighted by Gasteiger charge is 2.30. The zero-order chi connectivity index (χ0) is 26.7. The highest BCUT2D eigenvalue weighted by atomic mass is 16.5. The zero-order valence-corrected chi connectivity index (χ0v) is 22.8. The van der Waals surface area contributed by atoms with Crippen molar-refractivity contribution in [3.05, 3.63) is 96.9 Å². The number of carbonyl (C=O) groups is 1. The smallest absolute Gasteiger partial charge is 0.122 e. The van der Waals surface area contributed by atoms with Crippen molar-refractivity contribution in [1.82, 2.24) is 0 Å². The van der Waals surface area contributed by atoms with Gasteiger partial charge in [0.15, 0.2) is 0 Å². The first-order valence-corrected chi connectivity index (χ1v) is 12.0. The Morgan fingerprint density at radius 1 is 1.09 bits per heavy atom. The van der Waals surface area contributed by atoms with Crippen LogP contribution in [-0.4, -0.2) is 26.6 Å². The van der Waals surface area contributed by atoms with Crippen LogP contribution in [0, 0.1) is 11.3 Å². The molecule has 0 aromatic heterocycles. The van der Waals surface area contributed by atoms with Crippen molar-refractivity contribution in [3.8, 4) is 0 Å². The van der Waals surface area contributed by atoms with Crippen LogP contribution in [0.15, 0.2) is 96.9 Å². The summed E-state index contributed by atoms with van der Waals surface area (Å²) in [6.45, 7) is 33.4. The van der Waals surface area contributed by atoms with Gasteiger partial charge in [0.05, 0.1) is 6.61 Å². The van der Waals surface area contributed by atoms with Gasteiger partial charge >= 0.3 is 0 Å². The molecular weight excluding hydrogens is 420 g/mol. The van der Waals surface area contributed by atoms with Crippen LogP contribution in [0.3, 0.4) is 0 Å². The first kappa shape index (κ1) is 33.5. The first-order valence-electron chi connectivity index (χ1n) is 12.0. The van der Waals surface area contributed by atoms with Gasteiger partial charge in [0.2, 0.25) is 0 Å². The average Bonchev–Trinajstić information content (AvgIpc) is 3.16. The van der Waals surface area contributed by atoms with Crippen molar-refractivity contribution >= 4 is 6.29 Å². The number of rotatable bonds is 12. The van der Waals surface area contributed by atoms with E-state index in [4.69, 9.17) is 14.3 Å². The third kappa shape index (κ3) is 12.6. The van der Waals surface area contributed by atoms with E-state index in [1.165, 1.54) is 6.92 Å². The molecule has 0 N–H and O–H groups in total. The third-order valence-corrected chi connectivity index (χ3v) is 5.40. The van der Waals surface area contributed by atoms with E-state index in [9.17, 15) is 0 Å². The molecule has 0 heterocycles. The van der Waals surface area contributed by atoms with Crippen molar-refractivity contribution in [2.75, 3.05) is 20.3 Å². The summed E-state index contributed by atoms with van der Waals surface area (Å²) >= 11 is 0. The van der Waals surface area contributed by atoms with E-state index in [2.05, 4.69) is 78.8 Å². The number of ether oxygens (including phenoxy) is 2. The molecule has 190 valence electrons. The fourth-order valence-corrected chi connectivity index (χ4v) is 3.30. The van der Waals surface area contributed by atoms with E-state index in [1.807, 2.05) is 13.0 Å². The molecule has 0 amide bonds. The monoisotopic (exact) mass is 468 g/mol. The fraction of sp³-hybridized carbons (Fsp3) is 0.452. The SMILES string of the molecule is C=C(/C=C(/OCCOC)C(=C)CC)C(=C)/C(=C\C(=C)[C@@]1(C)C=CC(C)C1)CC.C=CC.CC=O. The van der Waals surface area contributed by atoms with Gasteiger partial charge in [-0.05, 0) is 73.0 Å². The van der Waals surface area contributed by atoms with E-state index in [0.29, 0.717) is 19.1 Å². The maximum atomic E-state index is 8.81. The number of aldehydes is 1. The molecule has 3 nitrogen and oxygen atoms in total. The molecule has 0 aromatic rings. The average molecular weight is 469 g/mol. The van der Waals surface area contributed by atoms with Gasteiger partial charge in [-0.25, -0.2) is 0 Å². The molecule has 1 aliphatic carbocycles. The summed E-state index contributed by atoms with van der Waals surface area (Å²) in [6, 6.07) is 0. The normalized spacial score (nSPS) is 19.1. The Labute approximate surface area is 210 Å². The largest absolute Gasteiger partial charge is 0.491 e. The highest BCUT2D eigenvalue weighted by molar-refractivity contribution is 5.53. The summed E-state index contributed by atoms with van der Waals surface area (Å²) in [5.41, 5.74) is 4.98. The minimum atomic E-state index is 0.0161. The second-order valence-electron chi connectivity index (χ2n) is 8.46. The molecule has 2 atom stereocenters. The summed E-state index contributed by atoms with van der Waals surface area (Å²) in [5.74, 6) is 1.34. The molecule has 0 aliphatic heterocycles. The van der Waals surface area contributed by atoms with Crippen molar-refractivity contribution in [2.45, 2.75) is 60.8 Å². The second-order valence-corrected chi connectivity index (χ2v) is 8.46. The lowest BCUT2D eigenvalue weighted by molar-refractivity contribution is -0.106. The van der Waals surface area contributed by atoms with Crippen LogP contribution in [0.2, 0.25) is 0 Å². The van der Waals surface area contributed by atoms with Crippen molar-refractivity contribution in [3.63, 3.8) is 0 Å². The fourth-order valence-electron chi connectivity index (χ4n) is 3.30. The highest BCUT2D eigenvalue weighted by Crippen LogP contribution is 2.42. The van der Waals surface area contributed by atoms with E-state index >= 15 is 0 Å². The predicted molar refractivity (Wildman–Crippen MR) is 150 cm³/mol. The Kier molecular flexibility index (Phi) is 18.5. The van der Waals surface area contributed by atoms with Crippen LogP contribution < -0.4 is 0 Å². The van der Waals surface area contributed by atoms with E-state index in [-0.39, 0.29) is 5.41 Å². The summed E-state index contributed by atoms with van der Waals surface area (Å²) < 4.78 is 10.9. The van der Waals surface area contributed by atoms with Gasteiger partial charge in [-0.15, -0.1) is 6.58 Å². The molecule has 1 aliphatic rings. The topological polar surface area (TPSA) is 35.5 Å². The van der Waals surface area contributed by atoms with Gasteiger partial charge < -0.3 is 14.3 Å². The number of hydrogen-bond donors (Lipinski definition) is 0. The van der Waals surface area contributed by atoms with E-state index in [1.54, 1.807) is 13.2 Å². The Morgan fingerprint density at radius 3 is 2.06 bits per heavy atom. The summed E-state index contributed by atoms with van der Waals surface area (Å²) in [7, 11) is 1.66. The molecule has 34 heavy (non-hydrogen) atoms. The van der Waals surface area contributed by atoms with Gasteiger partial charge in [-0.2, -0.15) is 0 Å². The quantitative estimate of drug-likeness (QED) is 0.0946. The van der Waals surface area contributed by atoms with Gasteiger partial charge in [0.1, 0.15) is 18.7 Å². The summed E-state index contributed by atoms with van der Waals surface area (Å²) in [6.07, 6.45) is 14.0. The lowest BCUT2D eigenvalue weighted by atomic mass is 9.79. The van der Waals surface area contributed by atoms with Gasteiger partial charge in [0, 0.05) is 12.5 Å². The maximum absolute atomic E-state index is 8.81. The van der Waals surface area contributed by atoms with Crippen molar-refractivity contribution < 1.29 is 14.3 Å². The number of hydrogen-bond acceptors (Lipinski definition) is 3. The molecule has 0 fully saturated rings.